The van der Waals surface area contributed by atoms with E-state index in [1.54, 1.807) is 23.1 Å². The molecule has 190 valence electrons. The maximum Gasteiger partial charge on any atom is 0.294 e. The summed E-state index contributed by atoms with van der Waals surface area (Å²) in [6.07, 6.45) is 1.51. The molecule has 2 aromatic carbocycles. The summed E-state index contributed by atoms with van der Waals surface area (Å²) in [5.74, 6) is -0.308. The lowest BCUT2D eigenvalue weighted by Gasteiger charge is -2.23. The van der Waals surface area contributed by atoms with E-state index in [1.807, 2.05) is 6.07 Å². The number of nitrogens with zero attached hydrogens (tertiary/aromatic N) is 7. The first-order valence-electron chi connectivity index (χ1n) is 10.8. The van der Waals surface area contributed by atoms with Crippen LogP contribution >= 0.6 is 0 Å². The summed E-state index contributed by atoms with van der Waals surface area (Å²) in [6.45, 7) is 1.85. The average molecular weight is 523 g/mol. The standard InChI is InChI=1S/C23H22N8O5S/c1-16(33)27-22-13-19(30(11-12-32)10-2-9-24)5-8-21(22)28-29-23-17(14-25)15-26-31(23)18-3-6-20(7-4-18)37(34,35)36/h3-8,13,15,32H,2,10-12H2,1H3,(H,27,33)(H,34,35,36)/b29-28+. The molecule has 14 heteroatoms. The number of aromatic nitrogens is 2. The van der Waals surface area contributed by atoms with Crippen molar-refractivity contribution in [1.29, 1.82) is 10.5 Å². The van der Waals surface area contributed by atoms with Crippen LogP contribution in [0, 0.1) is 22.7 Å². The summed E-state index contributed by atoms with van der Waals surface area (Å²) in [5.41, 5.74) is 1.68. The van der Waals surface area contributed by atoms with Gasteiger partial charge in [-0.1, -0.05) is 0 Å². The van der Waals surface area contributed by atoms with E-state index in [4.69, 9.17) is 5.26 Å². The Labute approximate surface area is 212 Å². The van der Waals surface area contributed by atoms with Gasteiger partial charge in [0.1, 0.15) is 17.3 Å². The number of rotatable bonds is 10. The summed E-state index contributed by atoms with van der Waals surface area (Å²) >= 11 is 0. The van der Waals surface area contributed by atoms with E-state index in [2.05, 4.69) is 26.7 Å². The van der Waals surface area contributed by atoms with Gasteiger partial charge in [0, 0.05) is 25.7 Å². The van der Waals surface area contributed by atoms with Gasteiger partial charge in [-0.2, -0.15) is 24.0 Å². The number of aliphatic hydroxyl groups is 1. The largest absolute Gasteiger partial charge is 0.395 e. The second-order valence-corrected chi connectivity index (χ2v) is 9.00. The van der Waals surface area contributed by atoms with E-state index in [0.29, 0.717) is 23.6 Å². The molecule has 3 rings (SSSR count). The first-order chi connectivity index (χ1) is 17.7. The maximum absolute atomic E-state index is 11.8. The number of azo groups is 1. The van der Waals surface area contributed by atoms with Gasteiger partial charge in [0.25, 0.3) is 10.1 Å². The molecule has 0 fully saturated rings. The van der Waals surface area contributed by atoms with Gasteiger partial charge in [-0.05, 0) is 42.5 Å². The molecular formula is C23H22N8O5S. The summed E-state index contributed by atoms with van der Waals surface area (Å²) < 4.78 is 33.1. The third-order valence-electron chi connectivity index (χ3n) is 5.02. The second kappa shape index (κ2) is 11.9. The van der Waals surface area contributed by atoms with Crippen molar-refractivity contribution in [3.8, 4) is 17.8 Å². The lowest BCUT2D eigenvalue weighted by atomic mass is 10.2. The molecule has 1 heterocycles. The Morgan fingerprint density at radius 3 is 2.49 bits per heavy atom. The minimum Gasteiger partial charge on any atom is -0.395 e. The summed E-state index contributed by atoms with van der Waals surface area (Å²) in [5, 5.41) is 43.0. The maximum atomic E-state index is 11.8. The predicted molar refractivity (Wildman–Crippen MR) is 133 cm³/mol. The van der Waals surface area contributed by atoms with Crippen molar-refractivity contribution in [2.24, 2.45) is 10.2 Å². The fraction of sp³-hybridized carbons (Fsp3) is 0.217. The Hall–Kier alpha value is -4.63. The van der Waals surface area contributed by atoms with Crippen LogP contribution in [0.4, 0.5) is 22.9 Å². The third-order valence-corrected chi connectivity index (χ3v) is 5.88. The van der Waals surface area contributed by atoms with Crippen molar-refractivity contribution in [2.45, 2.75) is 18.2 Å². The van der Waals surface area contributed by atoms with E-state index in [0.717, 1.165) is 0 Å². The van der Waals surface area contributed by atoms with Crippen LogP contribution in [0.15, 0.2) is 63.8 Å². The summed E-state index contributed by atoms with van der Waals surface area (Å²) in [7, 11) is -4.38. The zero-order chi connectivity index (χ0) is 27.0. The van der Waals surface area contributed by atoms with Crippen LogP contribution in [0.1, 0.15) is 18.9 Å². The van der Waals surface area contributed by atoms with Gasteiger partial charge >= 0.3 is 0 Å². The van der Waals surface area contributed by atoms with Crippen LogP contribution in [-0.2, 0) is 14.9 Å². The molecule has 0 saturated carbocycles. The molecule has 3 aromatic rings. The molecule has 3 N–H and O–H groups in total. The van der Waals surface area contributed by atoms with Crippen LogP contribution < -0.4 is 10.2 Å². The van der Waals surface area contributed by atoms with Crippen molar-refractivity contribution in [3.63, 3.8) is 0 Å². The number of hydrogen-bond acceptors (Lipinski definition) is 10. The highest BCUT2D eigenvalue weighted by atomic mass is 32.2. The lowest BCUT2D eigenvalue weighted by Crippen LogP contribution is -2.27. The quantitative estimate of drug-likeness (QED) is 0.264. The Kier molecular flexibility index (Phi) is 8.65. The van der Waals surface area contributed by atoms with Crippen LogP contribution in [0.2, 0.25) is 0 Å². The summed E-state index contributed by atoms with van der Waals surface area (Å²) in [6, 6.07) is 14.1. The van der Waals surface area contributed by atoms with Crippen LogP contribution in [-0.4, -0.2) is 53.5 Å². The molecule has 0 radical (unpaired) electrons. The van der Waals surface area contributed by atoms with Crippen molar-refractivity contribution in [3.05, 3.63) is 54.2 Å². The molecule has 1 aromatic heterocycles. The van der Waals surface area contributed by atoms with Crippen molar-refractivity contribution >= 4 is 38.9 Å². The highest BCUT2D eigenvalue weighted by molar-refractivity contribution is 7.85. The third kappa shape index (κ3) is 6.74. The number of nitriles is 2. The van der Waals surface area contributed by atoms with Crippen LogP contribution in [0.5, 0.6) is 0 Å². The van der Waals surface area contributed by atoms with Gasteiger partial charge in [-0.3, -0.25) is 9.35 Å². The number of anilines is 2. The molecule has 0 spiro atoms. The van der Waals surface area contributed by atoms with E-state index < -0.39 is 10.1 Å². The molecular weight excluding hydrogens is 500 g/mol. The van der Waals surface area contributed by atoms with Gasteiger partial charge in [0.2, 0.25) is 5.91 Å². The molecule has 13 nitrogen and oxygen atoms in total. The normalized spacial score (nSPS) is 11.2. The van der Waals surface area contributed by atoms with Crippen molar-refractivity contribution < 1.29 is 22.9 Å². The molecule has 0 aliphatic heterocycles. The first kappa shape index (κ1) is 27.0. The zero-order valence-corrected chi connectivity index (χ0v) is 20.4. The van der Waals surface area contributed by atoms with Gasteiger partial charge in [0.05, 0.1) is 41.6 Å². The van der Waals surface area contributed by atoms with Crippen LogP contribution in [0.3, 0.4) is 0 Å². The number of amides is 1. The molecule has 0 bridgehead atoms. The van der Waals surface area contributed by atoms with Gasteiger partial charge in [0.15, 0.2) is 5.82 Å². The number of carbonyl (C=O) groups is 1. The van der Waals surface area contributed by atoms with Gasteiger partial charge in [-0.15, -0.1) is 10.2 Å². The first-order valence-corrected chi connectivity index (χ1v) is 12.2. The van der Waals surface area contributed by atoms with Gasteiger partial charge in [-0.25, -0.2) is 4.68 Å². The molecule has 0 unspecified atom stereocenters. The Balaban J connectivity index is 2.01. The molecule has 37 heavy (non-hydrogen) atoms. The minimum absolute atomic E-state index is 0.0517. The smallest absolute Gasteiger partial charge is 0.294 e. The number of aliphatic hydroxyl groups excluding tert-OH is 1. The minimum atomic E-state index is -4.38. The van der Waals surface area contributed by atoms with Crippen molar-refractivity contribution in [1.82, 2.24) is 9.78 Å². The number of benzene rings is 2. The fourth-order valence-electron chi connectivity index (χ4n) is 3.34. The van der Waals surface area contributed by atoms with E-state index >= 15 is 0 Å². The van der Waals surface area contributed by atoms with Crippen LogP contribution in [0.25, 0.3) is 5.69 Å². The SMILES string of the molecule is CC(=O)Nc1cc(N(CCO)CCC#N)ccc1/N=N/c1c(C#N)cnn1-c1ccc(S(=O)(=O)O)cc1. The predicted octanol–water partition coefficient (Wildman–Crippen LogP) is 3.08. The summed E-state index contributed by atoms with van der Waals surface area (Å²) in [4.78, 5) is 13.3. The molecule has 0 aliphatic rings. The second-order valence-electron chi connectivity index (χ2n) is 7.58. The lowest BCUT2D eigenvalue weighted by molar-refractivity contribution is -0.114. The molecule has 0 aliphatic carbocycles. The molecule has 0 atom stereocenters. The topological polar surface area (TPSA) is 197 Å². The number of nitrogens with one attached hydrogen (secondary N) is 1. The molecule has 1 amide bonds. The van der Waals surface area contributed by atoms with Gasteiger partial charge < -0.3 is 15.3 Å². The average Bonchev–Trinajstić information content (AvgIpc) is 3.28. The Morgan fingerprint density at radius 1 is 1.16 bits per heavy atom. The molecule has 0 saturated heterocycles. The highest BCUT2D eigenvalue weighted by Gasteiger charge is 2.15. The van der Waals surface area contributed by atoms with E-state index in [1.165, 1.54) is 42.1 Å². The number of hydrogen-bond donors (Lipinski definition) is 3. The monoisotopic (exact) mass is 522 g/mol. The Bertz CT molecular complexity index is 1500. The number of carbonyl (C=O) groups excluding carboxylic acids is 1. The fourth-order valence-corrected chi connectivity index (χ4v) is 3.82. The Morgan fingerprint density at radius 2 is 1.89 bits per heavy atom. The van der Waals surface area contributed by atoms with E-state index in [-0.39, 0.29) is 47.4 Å². The van der Waals surface area contributed by atoms with Crippen molar-refractivity contribution in [2.75, 3.05) is 29.9 Å². The zero-order valence-electron chi connectivity index (χ0n) is 19.6. The van der Waals surface area contributed by atoms with E-state index in [9.17, 15) is 28.1 Å². The highest BCUT2D eigenvalue weighted by Crippen LogP contribution is 2.33.